The zero-order chi connectivity index (χ0) is 26.4. The Morgan fingerprint density at radius 2 is 0.865 bits per heavy atom. The average molecular weight is 513 g/mol. The number of rotatable bonds is 14. The van der Waals surface area contributed by atoms with Gasteiger partial charge in [-0.3, -0.25) is 0 Å². The van der Waals surface area contributed by atoms with E-state index in [2.05, 4.69) is 89.3 Å². The van der Waals surface area contributed by atoms with Crippen LogP contribution in [0.25, 0.3) is 11.1 Å². The lowest BCUT2D eigenvalue weighted by atomic mass is 9.97. The Balaban J connectivity index is 1.89. The molecule has 4 rings (SSSR count). The fourth-order valence-electron chi connectivity index (χ4n) is 7.61. The second kappa shape index (κ2) is 12.8. The van der Waals surface area contributed by atoms with Crippen molar-refractivity contribution in [2.45, 2.75) is 129 Å². The summed E-state index contributed by atoms with van der Waals surface area (Å²) < 4.78 is 0. The number of benzene rings is 2. The Morgan fingerprint density at radius 3 is 1.24 bits per heavy atom. The van der Waals surface area contributed by atoms with E-state index in [1.165, 1.54) is 77.0 Å². The molecule has 0 aromatic heterocycles. The average Bonchev–Trinajstić information content (AvgIpc) is 3.40. The molecule has 0 saturated heterocycles. The highest BCUT2D eigenvalue weighted by molar-refractivity contribution is 6.82. The molecule has 0 bridgehead atoms. The van der Waals surface area contributed by atoms with Gasteiger partial charge in [-0.15, -0.1) is 0 Å². The van der Waals surface area contributed by atoms with Gasteiger partial charge in [-0.1, -0.05) is 126 Å². The van der Waals surface area contributed by atoms with Crippen molar-refractivity contribution in [3.8, 4) is 0 Å². The summed E-state index contributed by atoms with van der Waals surface area (Å²) in [5.74, 6) is 0. The number of allylic oxidation sites excluding steroid dienone is 4. The van der Waals surface area contributed by atoms with Crippen molar-refractivity contribution in [3.05, 3.63) is 81.9 Å². The molecule has 0 radical (unpaired) electrons. The molecular weight excluding hydrogens is 460 g/mol. The largest absolute Gasteiger partial charge is 0.0722 e. The van der Waals surface area contributed by atoms with E-state index in [1.807, 2.05) is 11.1 Å². The molecule has 1 heteroatoms. The third-order valence-corrected chi connectivity index (χ3v) is 13.6. The van der Waals surface area contributed by atoms with Crippen LogP contribution in [0.1, 0.15) is 138 Å². The van der Waals surface area contributed by atoms with E-state index in [0.717, 1.165) is 0 Å². The molecule has 0 saturated carbocycles. The summed E-state index contributed by atoms with van der Waals surface area (Å²) in [5.41, 5.74) is 15.0. The van der Waals surface area contributed by atoms with Gasteiger partial charge in [-0.25, -0.2) is 0 Å². The zero-order valence-corrected chi connectivity index (χ0v) is 25.8. The van der Waals surface area contributed by atoms with Crippen molar-refractivity contribution >= 4 is 19.2 Å². The number of hydrogen-bond donors (Lipinski definition) is 0. The van der Waals surface area contributed by atoms with Crippen LogP contribution >= 0.6 is 0 Å². The molecule has 0 nitrogen and oxygen atoms in total. The molecular formula is C36H52Si. The molecule has 0 aliphatic heterocycles. The lowest BCUT2D eigenvalue weighted by molar-refractivity contribution is 0.742. The van der Waals surface area contributed by atoms with E-state index in [0.29, 0.717) is 11.1 Å². The highest BCUT2D eigenvalue weighted by Crippen LogP contribution is 2.58. The van der Waals surface area contributed by atoms with Crippen molar-refractivity contribution in [1.29, 1.82) is 0 Å². The van der Waals surface area contributed by atoms with E-state index in [1.54, 1.807) is 33.4 Å². The van der Waals surface area contributed by atoms with Crippen LogP contribution < -0.4 is 0 Å². The van der Waals surface area contributed by atoms with Crippen LogP contribution in [-0.2, 0) is 0 Å². The normalized spacial score (nSPS) is 19.1. The second-order valence-electron chi connectivity index (χ2n) is 12.3. The van der Waals surface area contributed by atoms with Gasteiger partial charge in [0.2, 0.25) is 0 Å². The summed E-state index contributed by atoms with van der Waals surface area (Å²) in [6, 6.07) is 19.2. The van der Waals surface area contributed by atoms with Gasteiger partial charge in [-0.2, -0.15) is 0 Å². The smallest absolute Gasteiger partial charge is 0.0679 e. The summed E-state index contributed by atoms with van der Waals surface area (Å²) in [5, 5.41) is 0. The van der Waals surface area contributed by atoms with E-state index in [-0.39, 0.29) is 0 Å². The predicted molar refractivity (Wildman–Crippen MR) is 168 cm³/mol. The van der Waals surface area contributed by atoms with Crippen molar-refractivity contribution < 1.29 is 0 Å². The summed E-state index contributed by atoms with van der Waals surface area (Å²) in [6.07, 6.45) is 15.5. The van der Waals surface area contributed by atoms with Crippen LogP contribution in [0.2, 0.25) is 13.1 Å². The van der Waals surface area contributed by atoms with E-state index >= 15 is 0 Å². The van der Waals surface area contributed by atoms with Gasteiger partial charge in [0.05, 0.1) is 8.07 Å². The molecule has 0 fully saturated rings. The summed E-state index contributed by atoms with van der Waals surface area (Å²) in [7, 11) is -1.84. The van der Waals surface area contributed by atoms with Gasteiger partial charge in [0.1, 0.15) is 0 Å². The Bertz CT molecular complexity index is 1030. The third-order valence-electron chi connectivity index (χ3n) is 9.31. The lowest BCUT2D eigenvalue weighted by Gasteiger charge is -2.40. The highest BCUT2D eigenvalue weighted by Gasteiger charge is 2.50. The summed E-state index contributed by atoms with van der Waals surface area (Å²) >= 11 is 0. The number of hydrogen-bond acceptors (Lipinski definition) is 0. The first-order valence-corrected chi connectivity index (χ1v) is 18.8. The Kier molecular flexibility index (Phi) is 9.73. The van der Waals surface area contributed by atoms with E-state index in [9.17, 15) is 0 Å². The van der Waals surface area contributed by atoms with E-state index < -0.39 is 8.07 Å². The first-order valence-electron chi connectivity index (χ1n) is 15.6. The van der Waals surface area contributed by atoms with Gasteiger partial charge in [0.15, 0.2) is 0 Å². The van der Waals surface area contributed by atoms with Crippen molar-refractivity contribution in [2.24, 2.45) is 0 Å². The van der Waals surface area contributed by atoms with Crippen LogP contribution in [0.3, 0.4) is 0 Å². The summed E-state index contributed by atoms with van der Waals surface area (Å²) in [6.45, 7) is 15.0. The molecule has 2 aliphatic rings. The Labute approximate surface area is 229 Å². The van der Waals surface area contributed by atoms with Gasteiger partial charge >= 0.3 is 0 Å². The van der Waals surface area contributed by atoms with Crippen LogP contribution in [0.4, 0.5) is 0 Å². The molecule has 0 heterocycles. The second-order valence-corrected chi connectivity index (χ2v) is 17.1. The minimum absolute atomic E-state index is 0.641. The van der Waals surface area contributed by atoms with Crippen molar-refractivity contribution in [1.82, 2.24) is 0 Å². The minimum Gasteiger partial charge on any atom is -0.0679 e. The van der Waals surface area contributed by atoms with Gasteiger partial charge < -0.3 is 0 Å². The fourth-order valence-corrected chi connectivity index (χ4v) is 12.5. The molecule has 2 aromatic carbocycles. The zero-order valence-electron chi connectivity index (χ0n) is 24.8. The molecule has 2 atom stereocenters. The van der Waals surface area contributed by atoms with Gasteiger partial charge in [-0.05, 0) is 84.8 Å². The third kappa shape index (κ3) is 5.49. The topological polar surface area (TPSA) is 0 Å². The first-order chi connectivity index (χ1) is 18.0. The maximum atomic E-state index is 2.76. The lowest BCUT2D eigenvalue weighted by Crippen LogP contribution is -2.43. The van der Waals surface area contributed by atoms with Gasteiger partial charge in [0.25, 0.3) is 0 Å². The molecule has 0 spiro atoms. The fraction of sp³-hybridized carbons (Fsp3) is 0.556. The van der Waals surface area contributed by atoms with Crippen LogP contribution in [0, 0.1) is 0 Å². The number of unbranched alkanes of at least 4 members (excludes halogenated alkanes) is 4. The molecule has 0 N–H and O–H groups in total. The van der Waals surface area contributed by atoms with Crippen LogP contribution in [-0.4, -0.2) is 8.07 Å². The minimum atomic E-state index is -1.84. The number of fused-ring (bicyclic) bond motifs is 2. The van der Waals surface area contributed by atoms with Crippen molar-refractivity contribution in [2.75, 3.05) is 0 Å². The van der Waals surface area contributed by atoms with Crippen LogP contribution in [0.15, 0.2) is 59.7 Å². The predicted octanol–water partition coefficient (Wildman–Crippen LogP) is 11.6. The Morgan fingerprint density at radius 1 is 0.514 bits per heavy atom. The Hall–Kier alpha value is -1.86. The maximum absolute atomic E-state index is 2.76. The molecule has 2 unspecified atom stereocenters. The van der Waals surface area contributed by atoms with Crippen molar-refractivity contribution in [3.63, 3.8) is 0 Å². The molecule has 2 aliphatic carbocycles. The highest BCUT2D eigenvalue weighted by atomic mass is 28.3. The monoisotopic (exact) mass is 512 g/mol. The SMILES string of the molecule is CCCCC1=C(CCCC)C([Si](C)(C)C2C(CCCC)=C(CCCC)c3ccccc32)c2ccccc21. The first kappa shape index (κ1) is 28.2. The van der Waals surface area contributed by atoms with Gasteiger partial charge in [0, 0.05) is 11.1 Å². The quantitative estimate of drug-likeness (QED) is 0.221. The van der Waals surface area contributed by atoms with Crippen LogP contribution in [0.5, 0.6) is 0 Å². The molecule has 37 heavy (non-hydrogen) atoms. The molecule has 2 aromatic rings. The summed E-state index contributed by atoms with van der Waals surface area (Å²) in [4.78, 5) is 0. The molecule has 200 valence electrons. The standard InChI is InChI=1S/C36H52Si/c1-7-11-19-27-29-23-15-17-25-33(29)35(31(27)21-13-9-3)37(5,6)36-32(22-14-10-4)28(20-12-8-2)30-24-16-18-26-34(30)36/h15-18,23-26,35-36H,7-14,19-22H2,1-6H3. The van der Waals surface area contributed by atoms with E-state index in [4.69, 9.17) is 0 Å². The molecule has 0 amide bonds. The maximum Gasteiger partial charge on any atom is 0.0722 e.